The second-order valence-corrected chi connectivity index (χ2v) is 10.1. The van der Waals surface area contributed by atoms with Gasteiger partial charge in [0, 0.05) is 5.56 Å². The molecule has 244 valence electrons. The number of nitrogens with zero attached hydrogens (tertiary/aromatic N) is 2. The summed E-state index contributed by atoms with van der Waals surface area (Å²) in [5.74, 6) is 0.658. The van der Waals surface area contributed by atoms with E-state index < -0.39 is 12.2 Å². The Hall–Kier alpha value is -5.64. The summed E-state index contributed by atoms with van der Waals surface area (Å²) in [5.41, 5.74) is 3.33. The van der Waals surface area contributed by atoms with E-state index in [1.165, 1.54) is 0 Å². The topological polar surface area (TPSA) is 112 Å². The third kappa shape index (κ3) is 10.2. The quantitative estimate of drug-likeness (QED) is 0.200. The Morgan fingerprint density at radius 1 is 0.617 bits per heavy atom. The summed E-state index contributed by atoms with van der Waals surface area (Å²) >= 11 is 0. The molecule has 47 heavy (non-hydrogen) atoms. The molecule has 0 unspecified atom stereocenters. The molecule has 0 bridgehead atoms. The van der Waals surface area contributed by atoms with Crippen molar-refractivity contribution in [2.45, 2.75) is 33.5 Å². The van der Waals surface area contributed by atoms with E-state index in [2.05, 4.69) is 0 Å². The van der Waals surface area contributed by atoms with Crippen LogP contribution in [-0.4, -0.2) is 60.1 Å². The van der Waals surface area contributed by atoms with Crippen LogP contribution in [-0.2, 0) is 33.9 Å². The molecule has 0 aliphatic carbocycles. The molecule has 6 rings (SSSR count). The highest BCUT2D eigenvalue weighted by Gasteiger charge is 2.29. The molecule has 2 heterocycles. The molecule has 2 fully saturated rings. The highest BCUT2D eigenvalue weighted by Crippen LogP contribution is 2.19. The average molecular weight is 639 g/mol. The molecule has 0 radical (unpaired) electrons. The van der Waals surface area contributed by atoms with Crippen LogP contribution in [0.15, 0.2) is 109 Å². The number of ether oxygens (including phenoxy) is 4. The van der Waals surface area contributed by atoms with E-state index in [1.54, 1.807) is 24.3 Å². The van der Waals surface area contributed by atoms with Crippen molar-refractivity contribution < 1.29 is 38.1 Å². The summed E-state index contributed by atoms with van der Waals surface area (Å²) in [6.07, 6.45) is -1.01. The molecule has 0 saturated carbocycles. The third-order valence-electron chi connectivity index (χ3n) is 6.90. The summed E-state index contributed by atoms with van der Waals surface area (Å²) in [7, 11) is 0. The number of hydrogen-bond donors (Lipinski definition) is 0. The SMILES string of the molecule is CC.O=C(Cc1cccc(OCc2ccccc2)c1)N1CCOC1=O.O=C1OCCN1C(=O)c1cccc(OCc2ccccc2)c1. The number of benzene rings is 4. The van der Waals surface area contributed by atoms with E-state index in [4.69, 9.17) is 18.9 Å². The first-order valence-corrected chi connectivity index (χ1v) is 15.4. The highest BCUT2D eigenvalue weighted by molar-refractivity contribution is 6.03. The Balaban J connectivity index is 0.000000202. The van der Waals surface area contributed by atoms with E-state index in [0.717, 1.165) is 26.5 Å². The molecule has 2 saturated heterocycles. The molecule has 0 atom stereocenters. The van der Waals surface area contributed by atoms with Crippen LogP contribution >= 0.6 is 0 Å². The van der Waals surface area contributed by atoms with Crippen molar-refractivity contribution in [2.24, 2.45) is 0 Å². The van der Waals surface area contributed by atoms with Gasteiger partial charge in [-0.3, -0.25) is 9.59 Å². The van der Waals surface area contributed by atoms with Crippen LogP contribution in [0.1, 0.15) is 40.9 Å². The predicted octanol–water partition coefficient (Wildman–Crippen LogP) is 6.67. The van der Waals surface area contributed by atoms with Crippen molar-refractivity contribution in [3.8, 4) is 11.5 Å². The minimum Gasteiger partial charge on any atom is -0.489 e. The molecule has 0 aromatic heterocycles. The molecule has 0 N–H and O–H groups in total. The highest BCUT2D eigenvalue weighted by atomic mass is 16.6. The number of cyclic esters (lactones) is 2. The minimum atomic E-state index is -0.597. The standard InChI is InChI=1S/C18H17NO4.C17H15NO4.C2H6/c20-17(19-9-10-22-18(19)21)12-15-7-4-8-16(11-15)23-13-14-5-2-1-3-6-14;19-16(18-9-10-21-17(18)20)14-7-4-8-15(11-14)22-12-13-5-2-1-3-6-13;1-2/h1-8,11H,9-10,12-13H2;1-8,11H,9-10,12H2;1-2H3. The number of carbonyl (C=O) groups is 4. The lowest BCUT2D eigenvalue weighted by Gasteiger charge is -2.12. The lowest BCUT2D eigenvalue weighted by atomic mass is 10.1. The molecule has 4 amide bonds. The second kappa shape index (κ2) is 17.7. The Morgan fingerprint density at radius 2 is 1.11 bits per heavy atom. The van der Waals surface area contributed by atoms with Gasteiger partial charge in [0.15, 0.2) is 0 Å². The fraction of sp³-hybridized carbons (Fsp3) is 0.243. The fourth-order valence-electron chi connectivity index (χ4n) is 4.57. The molecule has 2 aliphatic heterocycles. The summed E-state index contributed by atoms with van der Waals surface area (Å²) in [5, 5.41) is 0. The van der Waals surface area contributed by atoms with Gasteiger partial charge >= 0.3 is 12.2 Å². The van der Waals surface area contributed by atoms with Gasteiger partial charge in [-0.15, -0.1) is 0 Å². The normalized spacial score (nSPS) is 13.3. The van der Waals surface area contributed by atoms with Gasteiger partial charge in [0.1, 0.15) is 37.9 Å². The van der Waals surface area contributed by atoms with E-state index in [1.807, 2.05) is 98.8 Å². The molecule has 10 heteroatoms. The van der Waals surface area contributed by atoms with Crippen LogP contribution in [0.3, 0.4) is 0 Å². The molecule has 4 aromatic carbocycles. The number of imide groups is 2. The molecule has 10 nitrogen and oxygen atoms in total. The van der Waals surface area contributed by atoms with Gasteiger partial charge in [0.2, 0.25) is 5.91 Å². The number of amides is 4. The van der Waals surface area contributed by atoms with Crippen LogP contribution in [0.25, 0.3) is 0 Å². The van der Waals surface area contributed by atoms with Gasteiger partial charge < -0.3 is 18.9 Å². The third-order valence-corrected chi connectivity index (χ3v) is 6.90. The average Bonchev–Trinajstić information content (AvgIpc) is 3.76. The van der Waals surface area contributed by atoms with Crippen LogP contribution in [0.2, 0.25) is 0 Å². The predicted molar refractivity (Wildman–Crippen MR) is 175 cm³/mol. The zero-order chi connectivity index (χ0) is 33.4. The van der Waals surface area contributed by atoms with Gasteiger partial charge in [0.05, 0.1) is 19.5 Å². The lowest BCUT2D eigenvalue weighted by molar-refractivity contribution is -0.127. The van der Waals surface area contributed by atoms with E-state index in [-0.39, 0.29) is 38.0 Å². The van der Waals surface area contributed by atoms with Gasteiger partial charge in [-0.2, -0.15) is 0 Å². The summed E-state index contributed by atoms with van der Waals surface area (Å²) in [4.78, 5) is 49.4. The van der Waals surface area contributed by atoms with E-state index in [9.17, 15) is 19.2 Å². The fourth-order valence-corrected chi connectivity index (χ4v) is 4.57. The first-order chi connectivity index (χ1) is 23.0. The Kier molecular flexibility index (Phi) is 12.9. The number of hydrogen-bond acceptors (Lipinski definition) is 8. The van der Waals surface area contributed by atoms with Crippen LogP contribution < -0.4 is 9.47 Å². The number of carbonyl (C=O) groups excluding carboxylic acids is 4. The number of rotatable bonds is 9. The Bertz CT molecular complexity index is 1630. The first-order valence-electron chi connectivity index (χ1n) is 15.4. The largest absolute Gasteiger partial charge is 0.489 e. The Labute approximate surface area is 274 Å². The zero-order valence-corrected chi connectivity index (χ0v) is 26.5. The summed E-state index contributed by atoms with van der Waals surface area (Å²) in [6.45, 7) is 6.01. The maximum atomic E-state index is 12.3. The zero-order valence-electron chi connectivity index (χ0n) is 26.5. The van der Waals surface area contributed by atoms with Crippen LogP contribution in [0, 0.1) is 0 Å². The van der Waals surface area contributed by atoms with Gasteiger partial charge in [0.25, 0.3) is 5.91 Å². The van der Waals surface area contributed by atoms with E-state index in [0.29, 0.717) is 36.8 Å². The van der Waals surface area contributed by atoms with Crippen molar-refractivity contribution in [1.29, 1.82) is 0 Å². The van der Waals surface area contributed by atoms with Crippen molar-refractivity contribution in [3.63, 3.8) is 0 Å². The summed E-state index contributed by atoms with van der Waals surface area (Å²) in [6, 6.07) is 33.8. The van der Waals surface area contributed by atoms with Gasteiger partial charge in [-0.25, -0.2) is 19.4 Å². The molecule has 0 spiro atoms. The van der Waals surface area contributed by atoms with Crippen molar-refractivity contribution >= 4 is 24.0 Å². The van der Waals surface area contributed by atoms with Gasteiger partial charge in [-0.05, 0) is 47.0 Å². The monoisotopic (exact) mass is 638 g/mol. The smallest absolute Gasteiger partial charge is 0.416 e. The lowest BCUT2D eigenvalue weighted by Crippen LogP contribution is -2.32. The van der Waals surface area contributed by atoms with Crippen LogP contribution in [0.5, 0.6) is 11.5 Å². The molecule has 4 aromatic rings. The molecular weight excluding hydrogens is 600 g/mol. The Morgan fingerprint density at radius 3 is 1.64 bits per heavy atom. The van der Waals surface area contributed by atoms with Gasteiger partial charge in [-0.1, -0.05) is 92.7 Å². The van der Waals surface area contributed by atoms with Crippen molar-refractivity contribution in [2.75, 3.05) is 26.3 Å². The molecule has 2 aliphatic rings. The van der Waals surface area contributed by atoms with E-state index >= 15 is 0 Å². The first kappa shape index (κ1) is 34.2. The molecular formula is C37H38N2O8. The van der Waals surface area contributed by atoms with Crippen molar-refractivity contribution in [3.05, 3.63) is 131 Å². The minimum absolute atomic E-state index is 0.150. The van der Waals surface area contributed by atoms with Crippen LogP contribution in [0.4, 0.5) is 9.59 Å². The van der Waals surface area contributed by atoms with Crippen molar-refractivity contribution in [1.82, 2.24) is 9.80 Å². The summed E-state index contributed by atoms with van der Waals surface area (Å²) < 4.78 is 21.0. The maximum Gasteiger partial charge on any atom is 0.416 e. The second-order valence-electron chi connectivity index (χ2n) is 10.1. The maximum absolute atomic E-state index is 12.3.